The Bertz CT molecular complexity index is 715. The third-order valence-electron chi connectivity index (χ3n) is 4.71. The van der Waals surface area contributed by atoms with Crippen molar-refractivity contribution in [3.63, 3.8) is 0 Å². The average Bonchev–Trinajstić information content (AvgIpc) is 3.11. The predicted octanol–water partition coefficient (Wildman–Crippen LogP) is 3.30. The second kappa shape index (κ2) is 5.03. The molecule has 4 rings (SSSR count). The van der Waals surface area contributed by atoms with Crippen molar-refractivity contribution in [1.82, 2.24) is 0 Å². The van der Waals surface area contributed by atoms with Crippen molar-refractivity contribution in [2.45, 2.75) is 26.3 Å². The van der Waals surface area contributed by atoms with Gasteiger partial charge in [0, 0.05) is 42.9 Å². The summed E-state index contributed by atoms with van der Waals surface area (Å²) in [5, 5.41) is 0. The zero-order chi connectivity index (χ0) is 14.2. The molecule has 2 nitrogen and oxygen atoms in total. The Morgan fingerprint density at radius 3 is 3.05 bits per heavy atom. The Morgan fingerprint density at radius 2 is 2.14 bits per heavy atom. The topological polar surface area (TPSA) is 7.12 Å². The van der Waals surface area contributed by atoms with Crippen LogP contribution in [0.25, 0.3) is 11.6 Å². The van der Waals surface area contributed by atoms with Crippen LogP contribution in [-0.2, 0) is 13.0 Å². The number of hydrogen-bond acceptors (Lipinski definition) is 1. The number of benzene rings is 1. The van der Waals surface area contributed by atoms with Crippen LogP contribution in [0.1, 0.15) is 30.2 Å². The van der Waals surface area contributed by atoms with E-state index < -0.39 is 0 Å². The van der Waals surface area contributed by atoms with E-state index in [9.17, 15) is 0 Å². The molecule has 0 saturated heterocycles. The van der Waals surface area contributed by atoms with Gasteiger partial charge in [0.05, 0.1) is 0 Å². The highest BCUT2D eigenvalue weighted by Gasteiger charge is 2.23. The lowest BCUT2D eigenvalue weighted by Gasteiger charge is -2.16. The largest absolute Gasteiger partial charge is 0.371 e. The fourth-order valence-corrected chi connectivity index (χ4v) is 3.59. The number of anilines is 1. The van der Waals surface area contributed by atoms with Crippen LogP contribution in [0.3, 0.4) is 0 Å². The Morgan fingerprint density at radius 1 is 1.19 bits per heavy atom. The minimum Gasteiger partial charge on any atom is -0.371 e. The maximum Gasteiger partial charge on any atom is 0.208 e. The van der Waals surface area contributed by atoms with Gasteiger partial charge in [-0.1, -0.05) is 6.07 Å². The van der Waals surface area contributed by atoms with E-state index in [0.717, 1.165) is 19.5 Å². The number of aromatic nitrogens is 1. The predicted molar refractivity (Wildman–Crippen MR) is 87.2 cm³/mol. The van der Waals surface area contributed by atoms with E-state index in [1.807, 2.05) is 0 Å². The molecule has 2 aromatic rings. The van der Waals surface area contributed by atoms with Gasteiger partial charge in [-0.05, 0) is 48.7 Å². The molecule has 0 amide bonds. The second-order valence-electron chi connectivity index (χ2n) is 5.92. The Labute approximate surface area is 126 Å². The molecule has 0 fully saturated rings. The molecule has 0 bridgehead atoms. The third kappa shape index (κ3) is 2.15. The highest BCUT2D eigenvalue weighted by molar-refractivity contribution is 5.80. The first-order chi connectivity index (χ1) is 10.3. The molecule has 0 radical (unpaired) electrons. The highest BCUT2D eigenvalue weighted by Crippen LogP contribution is 2.30. The van der Waals surface area contributed by atoms with E-state index in [1.54, 1.807) is 0 Å². The van der Waals surface area contributed by atoms with E-state index in [4.69, 9.17) is 0 Å². The van der Waals surface area contributed by atoms with Crippen molar-refractivity contribution in [2.24, 2.45) is 0 Å². The fraction of sp³-hybridized carbons (Fsp3) is 0.316. The zero-order valence-electron chi connectivity index (χ0n) is 12.5. The molecule has 0 spiro atoms. The lowest BCUT2D eigenvalue weighted by atomic mass is 10.0. The van der Waals surface area contributed by atoms with E-state index in [-0.39, 0.29) is 0 Å². The van der Waals surface area contributed by atoms with Crippen LogP contribution in [0.5, 0.6) is 0 Å². The lowest BCUT2D eigenvalue weighted by Crippen LogP contribution is -2.31. The summed E-state index contributed by atoms with van der Waals surface area (Å²) in [6.07, 6.45) is 6.87. The van der Waals surface area contributed by atoms with Gasteiger partial charge >= 0.3 is 0 Å². The van der Waals surface area contributed by atoms with Crippen LogP contribution in [0.2, 0.25) is 0 Å². The molecule has 2 aliphatic rings. The van der Waals surface area contributed by atoms with Crippen molar-refractivity contribution in [2.75, 3.05) is 18.0 Å². The van der Waals surface area contributed by atoms with Crippen LogP contribution in [0.4, 0.5) is 5.69 Å². The molecule has 2 aliphatic heterocycles. The SMILES string of the molecule is CCN1CCc2cc(/C=C3\CC[n+]4ccccc43)ccc21. The van der Waals surface area contributed by atoms with Crippen molar-refractivity contribution < 1.29 is 4.57 Å². The first kappa shape index (κ1) is 12.6. The zero-order valence-corrected chi connectivity index (χ0v) is 12.5. The van der Waals surface area contributed by atoms with Gasteiger partial charge in [0.1, 0.15) is 0 Å². The number of nitrogens with zero attached hydrogens (tertiary/aromatic N) is 2. The molecule has 1 aromatic heterocycles. The number of pyridine rings is 1. The van der Waals surface area contributed by atoms with Gasteiger partial charge in [-0.2, -0.15) is 4.57 Å². The summed E-state index contributed by atoms with van der Waals surface area (Å²) in [5.41, 5.74) is 7.11. The number of rotatable bonds is 2. The number of likely N-dealkylation sites (N-methyl/N-ethyl adjacent to an activating group) is 1. The van der Waals surface area contributed by atoms with Gasteiger partial charge in [-0.3, -0.25) is 0 Å². The Balaban J connectivity index is 1.69. The smallest absolute Gasteiger partial charge is 0.208 e. The number of allylic oxidation sites excluding steroid dienone is 1. The maximum absolute atomic E-state index is 2.47. The van der Waals surface area contributed by atoms with Crippen LogP contribution in [0.15, 0.2) is 42.6 Å². The summed E-state index contributed by atoms with van der Waals surface area (Å²) in [6.45, 7) is 5.62. The summed E-state index contributed by atoms with van der Waals surface area (Å²) in [6, 6.07) is 13.4. The quantitative estimate of drug-likeness (QED) is 0.764. The van der Waals surface area contributed by atoms with Crippen LogP contribution < -0.4 is 9.47 Å². The van der Waals surface area contributed by atoms with Gasteiger partial charge in [0.2, 0.25) is 5.69 Å². The summed E-state index contributed by atoms with van der Waals surface area (Å²) in [5.74, 6) is 0. The number of fused-ring (bicyclic) bond motifs is 2. The minimum atomic E-state index is 1.11. The third-order valence-corrected chi connectivity index (χ3v) is 4.71. The fourth-order valence-electron chi connectivity index (χ4n) is 3.59. The summed E-state index contributed by atoms with van der Waals surface area (Å²) in [4.78, 5) is 2.47. The summed E-state index contributed by atoms with van der Waals surface area (Å²) >= 11 is 0. The first-order valence-electron chi connectivity index (χ1n) is 7.92. The van der Waals surface area contributed by atoms with Crippen molar-refractivity contribution in [1.29, 1.82) is 0 Å². The van der Waals surface area contributed by atoms with Crippen molar-refractivity contribution in [3.8, 4) is 0 Å². The molecule has 1 aromatic carbocycles. The van der Waals surface area contributed by atoms with E-state index in [0.29, 0.717) is 0 Å². The van der Waals surface area contributed by atoms with E-state index in [2.05, 4.69) is 65.1 Å². The van der Waals surface area contributed by atoms with Gasteiger partial charge in [0.25, 0.3) is 0 Å². The van der Waals surface area contributed by atoms with Crippen molar-refractivity contribution >= 4 is 17.3 Å². The van der Waals surface area contributed by atoms with Gasteiger partial charge in [-0.15, -0.1) is 0 Å². The van der Waals surface area contributed by atoms with Gasteiger partial charge in [0.15, 0.2) is 12.7 Å². The standard InChI is InChI=1S/C19H21N2/c1-2-20-11-8-17-14-15(6-7-19(17)20)13-16-9-12-21-10-4-3-5-18(16)21/h3-7,10,13-14H,2,8-9,11-12H2,1H3/q+1. The van der Waals surface area contributed by atoms with E-state index in [1.165, 1.54) is 41.0 Å². The molecule has 0 atom stereocenters. The monoisotopic (exact) mass is 277 g/mol. The van der Waals surface area contributed by atoms with E-state index >= 15 is 0 Å². The average molecular weight is 277 g/mol. The second-order valence-corrected chi connectivity index (χ2v) is 5.92. The van der Waals surface area contributed by atoms with Gasteiger partial charge in [-0.25, -0.2) is 0 Å². The van der Waals surface area contributed by atoms with Crippen LogP contribution in [-0.4, -0.2) is 13.1 Å². The summed E-state index contributed by atoms with van der Waals surface area (Å²) in [7, 11) is 0. The normalized spacial score (nSPS) is 18.1. The first-order valence-corrected chi connectivity index (χ1v) is 7.92. The van der Waals surface area contributed by atoms with Crippen LogP contribution >= 0.6 is 0 Å². The highest BCUT2D eigenvalue weighted by atomic mass is 15.1. The molecular formula is C19H21N2+. The number of aryl methyl sites for hydroxylation is 1. The molecule has 0 aliphatic carbocycles. The van der Waals surface area contributed by atoms with Crippen molar-refractivity contribution in [3.05, 3.63) is 59.4 Å². The number of hydrogen-bond donors (Lipinski definition) is 0. The minimum absolute atomic E-state index is 1.11. The molecule has 0 N–H and O–H groups in total. The van der Waals surface area contributed by atoms with Gasteiger partial charge < -0.3 is 4.90 Å². The molecular weight excluding hydrogens is 256 g/mol. The molecule has 3 heterocycles. The Kier molecular flexibility index (Phi) is 3.03. The molecule has 21 heavy (non-hydrogen) atoms. The molecule has 106 valence electrons. The summed E-state index contributed by atoms with van der Waals surface area (Å²) < 4.78 is 2.35. The maximum atomic E-state index is 2.47. The molecule has 2 heteroatoms. The Hall–Kier alpha value is -2.09. The van der Waals surface area contributed by atoms with Crippen LogP contribution in [0, 0.1) is 0 Å². The lowest BCUT2D eigenvalue weighted by molar-refractivity contribution is -0.689. The molecule has 0 unspecified atom stereocenters. The molecule has 0 saturated carbocycles.